The fourth-order valence-electron chi connectivity index (χ4n) is 0.647. The Hall–Kier alpha value is -1.04. The van der Waals surface area contributed by atoms with Gasteiger partial charge in [0, 0.05) is 13.5 Å². The standard InChI is InChI=1S/C9H15NO4S/c1-6(2)9(13)14-10(3)8(12)4-7(15)5-11/h5-7,15H,4H2,1-3H3. The molecule has 0 fully saturated rings. The molecule has 0 aliphatic carbocycles. The number of thiol groups is 1. The van der Waals surface area contributed by atoms with Crippen LogP contribution >= 0.6 is 12.6 Å². The molecule has 1 atom stereocenters. The van der Waals surface area contributed by atoms with Crippen LogP contribution in [0, 0.1) is 5.92 Å². The topological polar surface area (TPSA) is 63.7 Å². The lowest BCUT2D eigenvalue weighted by molar-refractivity contribution is -0.195. The van der Waals surface area contributed by atoms with Crippen LogP contribution in [0.2, 0.25) is 0 Å². The largest absolute Gasteiger partial charge is 0.338 e. The Bertz CT molecular complexity index is 254. The Morgan fingerprint density at radius 2 is 2.00 bits per heavy atom. The summed E-state index contributed by atoms with van der Waals surface area (Å²) >= 11 is 3.84. The first-order valence-corrected chi connectivity index (χ1v) is 5.01. The summed E-state index contributed by atoms with van der Waals surface area (Å²) < 4.78 is 0. The van der Waals surface area contributed by atoms with E-state index in [-0.39, 0.29) is 12.3 Å². The fourth-order valence-corrected chi connectivity index (χ4v) is 0.803. The number of carbonyl (C=O) groups excluding carboxylic acids is 3. The molecule has 0 aliphatic heterocycles. The van der Waals surface area contributed by atoms with Crippen LogP contribution in [-0.4, -0.2) is 35.5 Å². The summed E-state index contributed by atoms with van der Waals surface area (Å²) in [4.78, 5) is 37.4. The molecule has 86 valence electrons. The molecule has 0 saturated carbocycles. The van der Waals surface area contributed by atoms with Gasteiger partial charge in [-0.05, 0) is 0 Å². The maximum atomic E-state index is 11.3. The fraction of sp³-hybridized carbons (Fsp3) is 0.667. The molecule has 0 bridgehead atoms. The lowest BCUT2D eigenvalue weighted by atomic mass is 10.2. The first-order chi connectivity index (χ1) is 6.88. The lowest BCUT2D eigenvalue weighted by Crippen LogP contribution is -2.33. The van der Waals surface area contributed by atoms with E-state index in [1.54, 1.807) is 13.8 Å². The second-order valence-corrected chi connectivity index (χ2v) is 4.03. The Morgan fingerprint density at radius 1 is 1.47 bits per heavy atom. The normalized spacial score (nSPS) is 12.1. The predicted molar refractivity (Wildman–Crippen MR) is 57.2 cm³/mol. The molecule has 0 aromatic heterocycles. The van der Waals surface area contributed by atoms with Gasteiger partial charge in [-0.3, -0.25) is 4.79 Å². The van der Waals surface area contributed by atoms with Crippen LogP contribution in [0.5, 0.6) is 0 Å². The summed E-state index contributed by atoms with van der Waals surface area (Å²) in [6.45, 7) is 3.32. The van der Waals surface area contributed by atoms with E-state index in [0.29, 0.717) is 6.29 Å². The van der Waals surface area contributed by atoms with Crippen LogP contribution in [0.4, 0.5) is 0 Å². The van der Waals surface area contributed by atoms with Gasteiger partial charge in [-0.2, -0.15) is 17.7 Å². The Kier molecular flexibility index (Phi) is 6.00. The molecule has 1 amide bonds. The van der Waals surface area contributed by atoms with Crippen molar-refractivity contribution in [1.29, 1.82) is 0 Å². The number of nitrogens with zero attached hydrogens (tertiary/aromatic N) is 1. The van der Waals surface area contributed by atoms with Gasteiger partial charge < -0.3 is 9.63 Å². The van der Waals surface area contributed by atoms with E-state index in [0.717, 1.165) is 5.06 Å². The maximum Gasteiger partial charge on any atom is 0.335 e. The number of amides is 1. The predicted octanol–water partition coefficient (Wildman–Crippen LogP) is 0.446. The van der Waals surface area contributed by atoms with Crippen LogP contribution < -0.4 is 0 Å². The highest BCUT2D eigenvalue weighted by Crippen LogP contribution is 2.04. The second-order valence-electron chi connectivity index (χ2n) is 3.36. The summed E-state index contributed by atoms with van der Waals surface area (Å²) in [5.74, 6) is -1.26. The van der Waals surface area contributed by atoms with Gasteiger partial charge in [-0.15, -0.1) is 0 Å². The number of aldehydes is 1. The molecule has 1 unspecified atom stereocenters. The zero-order valence-corrected chi connectivity index (χ0v) is 9.86. The van der Waals surface area contributed by atoms with Gasteiger partial charge in [0.1, 0.15) is 6.29 Å². The third-order valence-electron chi connectivity index (χ3n) is 1.59. The summed E-state index contributed by atoms with van der Waals surface area (Å²) in [6.07, 6.45) is 0.466. The molecule has 5 nitrogen and oxygen atoms in total. The molecule has 0 radical (unpaired) electrons. The van der Waals surface area contributed by atoms with E-state index >= 15 is 0 Å². The average Bonchev–Trinajstić information content (AvgIpc) is 2.16. The Labute approximate surface area is 94.1 Å². The van der Waals surface area contributed by atoms with E-state index in [1.807, 2.05) is 0 Å². The molecule has 0 N–H and O–H groups in total. The quantitative estimate of drug-likeness (QED) is 0.435. The van der Waals surface area contributed by atoms with Crippen molar-refractivity contribution < 1.29 is 19.2 Å². The van der Waals surface area contributed by atoms with E-state index in [1.165, 1.54) is 7.05 Å². The van der Waals surface area contributed by atoms with Crippen molar-refractivity contribution in [3.8, 4) is 0 Å². The van der Waals surface area contributed by atoms with Gasteiger partial charge in [-0.25, -0.2) is 4.79 Å². The molecular weight excluding hydrogens is 218 g/mol. The van der Waals surface area contributed by atoms with Gasteiger partial charge in [0.25, 0.3) is 5.91 Å². The number of hydrogen-bond donors (Lipinski definition) is 1. The van der Waals surface area contributed by atoms with E-state index in [2.05, 4.69) is 12.6 Å². The Morgan fingerprint density at radius 3 is 2.40 bits per heavy atom. The zero-order valence-electron chi connectivity index (χ0n) is 8.97. The minimum absolute atomic E-state index is 0.0888. The molecular formula is C9H15NO4S. The van der Waals surface area contributed by atoms with Crippen LogP contribution in [0.1, 0.15) is 20.3 Å². The highest BCUT2D eigenvalue weighted by molar-refractivity contribution is 7.81. The molecule has 0 aromatic carbocycles. The SMILES string of the molecule is CC(C)C(=O)ON(C)C(=O)CC(S)C=O. The molecule has 0 aliphatic rings. The van der Waals surface area contributed by atoms with Gasteiger partial charge in [0.15, 0.2) is 0 Å². The van der Waals surface area contributed by atoms with Crippen molar-refractivity contribution in [2.45, 2.75) is 25.5 Å². The smallest absolute Gasteiger partial charge is 0.335 e. The monoisotopic (exact) mass is 233 g/mol. The van der Waals surface area contributed by atoms with Crippen molar-refractivity contribution in [2.24, 2.45) is 5.92 Å². The first-order valence-electron chi connectivity index (χ1n) is 4.50. The number of hydrogen-bond acceptors (Lipinski definition) is 5. The van der Waals surface area contributed by atoms with E-state index in [4.69, 9.17) is 4.84 Å². The van der Waals surface area contributed by atoms with Crippen LogP contribution in [0.15, 0.2) is 0 Å². The molecule has 0 rings (SSSR count). The Balaban J connectivity index is 4.10. The minimum Gasteiger partial charge on any atom is -0.338 e. The molecule has 0 aromatic rings. The third-order valence-corrected chi connectivity index (χ3v) is 1.89. The van der Waals surface area contributed by atoms with Crippen LogP contribution in [0.3, 0.4) is 0 Å². The summed E-state index contributed by atoms with van der Waals surface area (Å²) in [7, 11) is 1.33. The summed E-state index contributed by atoms with van der Waals surface area (Å²) in [5, 5.41) is 0.160. The summed E-state index contributed by atoms with van der Waals surface area (Å²) in [5.41, 5.74) is 0. The summed E-state index contributed by atoms with van der Waals surface area (Å²) in [6, 6.07) is 0. The van der Waals surface area contributed by atoms with E-state index in [9.17, 15) is 14.4 Å². The van der Waals surface area contributed by atoms with Crippen molar-refractivity contribution >= 4 is 30.8 Å². The van der Waals surface area contributed by atoms with Crippen LogP contribution in [0.25, 0.3) is 0 Å². The molecule has 6 heteroatoms. The van der Waals surface area contributed by atoms with Crippen molar-refractivity contribution in [3.05, 3.63) is 0 Å². The van der Waals surface area contributed by atoms with Crippen molar-refractivity contribution in [1.82, 2.24) is 5.06 Å². The van der Waals surface area contributed by atoms with Gasteiger partial charge in [0.05, 0.1) is 11.2 Å². The van der Waals surface area contributed by atoms with Gasteiger partial charge >= 0.3 is 5.97 Å². The van der Waals surface area contributed by atoms with E-state index < -0.39 is 17.1 Å². The molecule has 0 spiro atoms. The average molecular weight is 233 g/mol. The van der Waals surface area contributed by atoms with Crippen molar-refractivity contribution in [2.75, 3.05) is 7.05 Å². The van der Waals surface area contributed by atoms with Gasteiger partial charge in [-0.1, -0.05) is 13.8 Å². The maximum absolute atomic E-state index is 11.3. The molecule has 15 heavy (non-hydrogen) atoms. The van der Waals surface area contributed by atoms with Gasteiger partial charge in [0.2, 0.25) is 0 Å². The molecule has 0 saturated heterocycles. The third kappa shape index (κ3) is 5.41. The highest BCUT2D eigenvalue weighted by Gasteiger charge is 2.18. The number of rotatable bonds is 4. The minimum atomic E-state index is -0.669. The second kappa shape index (κ2) is 6.44. The zero-order chi connectivity index (χ0) is 12.0. The molecule has 0 heterocycles. The number of hydroxylamine groups is 2. The number of carbonyl (C=O) groups is 3. The first kappa shape index (κ1) is 14.0. The highest BCUT2D eigenvalue weighted by atomic mass is 32.1. The van der Waals surface area contributed by atoms with Crippen molar-refractivity contribution in [3.63, 3.8) is 0 Å². The lowest BCUT2D eigenvalue weighted by Gasteiger charge is -2.17. The van der Waals surface area contributed by atoms with Crippen LogP contribution in [-0.2, 0) is 19.2 Å².